The lowest BCUT2D eigenvalue weighted by Crippen LogP contribution is -2.56. The molecule has 17 heavy (non-hydrogen) atoms. The summed E-state index contributed by atoms with van der Waals surface area (Å²) in [7, 11) is 0. The number of nitrogens with zero attached hydrogens (tertiary/aromatic N) is 1. The van der Waals surface area contributed by atoms with Crippen molar-refractivity contribution in [2.75, 3.05) is 13.2 Å². The van der Waals surface area contributed by atoms with Crippen LogP contribution in [0.25, 0.3) is 0 Å². The van der Waals surface area contributed by atoms with Crippen LogP contribution < -0.4 is 0 Å². The van der Waals surface area contributed by atoms with Gasteiger partial charge in [0.15, 0.2) is 0 Å². The summed E-state index contributed by atoms with van der Waals surface area (Å²) in [4.78, 5) is 24.3. The number of aliphatic carboxylic acids is 1. The maximum Gasteiger partial charge on any atom is 0.410 e. The molecule has 5 nitrogen and oxygen atoms in total. The van der Waals surface area contributed by atoms with E-state index in [0.717, 1.165) is 12.8 Å². The molecule has 0 aromatic heterocycles. The molecule has 0 saturated carbocycles. The predicted octanol–water partition coefficient (Wildman–Crippen LogP) is 1.88. The zero-order chi connectivity index (χ0) is 13.1. The minimum atomic E-state index is -0.981. The van der Waals surface area contributed by atoms with Crippen LogP contribution in [0.15, 0.2) is 12.7 Å². The van der Waals surface area contributed by atoms with Crippen molar-refractivity contribution < 1.29 is 19.4 Å². The van der Waals surface area contributed by atoms with Gasteiger partial charge in [-0.3, -0.25) is 4.90 Å². The van der Waals surface area contributed by atoms with Gasteiger partial charge in [0.25, 0.3) is 0 Å². The normalized spacial score (nSPS) is 22.9. The van der Waals surface area contributed by atoms with Gasteiger partial charge in [-0.1, -0.05) is 26.5 Å². The molecule has 1 fully saturated rings. The summed E-state index contributed by atoms with van der Waals surface area (Å²) in [6.07, 6.45) is 2.46. The van der Waals surface area contributed by atoms with E-state index in [1.54, 1.807) is 0 Å². The van der Waals surface area contributed by atoms with Crippen molar-refractivity contribution in [3.63, 3.8) is 0 Å². The zero-order valence-electron chi connectivity index (χ0n) is 10.3. The van der Waals surface area contributed by atoms with Crippen LogP contribution in [0.1, 0.15) is 26.7 Å². The fraction of sp³-hybridized carbons (Fsp3) is 0.667. The summed E-state index contributed by atoms with van der Waals surface area (Å²) >= 11 is 0. The summed E-state index contributed by atoms with van der Waals surface area (Å²) in [6.45, 7) is 7.69. The smallest absolute Gasteiger partial charge is 0.410 e. The van der Waals surface area contributed by atoms with E-state index in [0.29, 0.717) is 6.54 Å². The van der Waals surface area contributed by atoms with E-state index in [-0.39, 0.29) is 6.61 Å². The minimum Gasteiger partial charge on any atom is -0.480 e. The first-order valence-electron chi connectivity index (χ1n) is 5.67. The van der Waals surface area contributed by atoms with E-state index in [1.807, 2.05) is 13.8 Å². The lowest BCUT2D eigenvalue weighted by Gasteiger charge is -2.43. The molecule has 1 rings (SSSR count). The van der Waals surface area contributed by atoms with Crippen LogP contribution in [0.2, 0.25) is 0 Å². The highest BCUT2D eigenvalue weighted by Crippen LogP contribution is 2.35. The van der Waals surface area contributed by atoms with Crippen molar-refractivity contribution in [3.8, 4) is 0 Å². The molecule has 1 aliphatic heterocycles. The third-order valence-corrected chi connectivity index (χ3v) is 3.07. The van der Waals surface area contributed by atoms with Gasteiger partial charge in [-0.05, 0) is 18.3 Å². The van der Waals surface area contributed by atoms with Crippen LogP contribution in [0.4, 0.5) is 4.79 Å². The third kappa shape index (κ3) is 2.99. The number of carbonyl (C=O) groups excluding carboxylic acids is 1. The summed E-state index contributed by atoms with van der Waals surface area (Å²) in [5.41, 5.74) is -0.433. The molecule has 1 heterocycles. The second-order valence-electron chi connectivity index (χ2n) is 4.89. The molecular formula is C12H19NO4. The summed E-state index contributed by atoms with van der Waals surface area (Å²) in [6, 6.07) is -0.825. The molecule has 5 heteroatoms. The molecule has 96 valence electrons. The molecule has 0 spiro atoms. The Balaban J connectivity index is 2.84. The van der Waals surface area contributed by atoms with Gasteiger partial charge >= 0.3 is 12.1 Å². The van der Waals surface area contributed by atoms with Gasteiger partial charge in [0.05, 0.1) is 0 Å². The van der Waals surface area contributed by atoms with Crippen LogP contribution in [-0.2, 0) is 9.53 Å². The Morgan fingerprint density at radius 3 is 2.76 bits per heavy atom. The molecule has 0 radical (unpaired) electrons. The number of amides is 1. The summed E-state index contributed by atoms with van der Waals surface area (Å²) < 4.78 is 4.91. The average molecular weight is 241 g/mol. The maximum atomic E-state index is 11.8. The molecule has 1 saturated heterocycles. The number of piperidine rings is 1. The van der Waals surface area contributed by atoms with E-state index in [1.165, 1.54) is 11.0 Å². The Labute approximate surface area is 101 Å². The lowest BCUT2D eigenvalue weighted by molar-refractivity contribution is -0.149. The van der Waals surface area contributed by atoms with Crippen molar-refractivity contribution in [1.29, 1.82) is 0 Å². The summed E-state index contributed by atoms with van der Waals surface area (Å²) in [5, 5.41) is 9.25. The number of rotatable bonds is 3. The molecule has 1 N–H and O–H groups in total. The Hall–Kier alpha value is -1.52. The van der Waals surface area contributed by atoms with Crippen molar-refractivity contribution in [3.05, 3.63) is 12.7 Å². The fourth-order valence-electron chi connectivity index (χ4n) is 2.27. The molecule has 1 unspecified atom stereocenters. The molecule has 0 bridgehead atoms. The van der Waals surface area contributed by atoms with E-state index in [4.69, 9.17) is 4.74 Å². The third-order valence-electron chi connectivity index (χ3n) is 3.07. The van der Waals surface area contributed by atoms with Crippen LogP contribution in [0.3, 0.4) is 0 Å². The molecule has 0 aromatic rings. The van der Waals surface area contributed by atoms with Gasteiger partial charge in [-0.2, -0.15) is 0 Å². The van der Waals surface area contributed by atoms with Crippen molar-refractivity contribution >= 4 is 12.1 Å². The number of hydrogen-bond donors (Lipinski definition) is 1. The molecule has 1 aliphatic rings. The SMILES string of the molecule is C=CCOC(=O)N1CCCC(C)(C)C1C(=O)O. The highest BCUT2D eigenvalue weighted by molar-refractivity contribution is 5.81. The highest BCUT2D eigenvalue weighted by atomic mass is 16.6. The number of ether oxygens (including phenoxy) is 1. The van der Waals surface area contributed by atoms with E-state index < -0.39 is 23.5 Å². The molecule has 1 atom stereocenters. The van der Waals surface area contributed by atoms with Crippen LogP contribution >= 0.6 is 0 Å². The highest BCUT2D eigenvalue weighted by Gasteiger charge is 2.45. The second-order valence-corrected chi connectivity index (χ2v) is 4.89. The zero-order valence-corrected chi connectivity index (χ0v) is 10.3. The molecule has 1 amide bonds. The lowest BCUT2D eigenvalue weighted by atomic mass is 9.76. The predicted molar refractivity (Wildman–Crippen MR) is 62.7 cm³/mol. The largest absolute Gasteiger partial charge is 0.480 e. The van der Waals surface area contributed by atoms with Crippen molar-refractivity contribution in [2.45, 2.75) is 32.7 Å². The minimum absolute atomic E-state index is 0.0993. The van der Waals surface area contributed by atoms with Crippen molar-refractivity contribution in [1.82, 2.24) is 4.90 Å². The number of carbonyl (C=O) groups is 2. The first kappa shape index (κ1) is 13.5. The average Bonchev–Trinajstić information content (AvgIpc) is 2.23. The van der Waals surface area contributed by atoms with E-state index >= 15 is 0 Å². The Bertz CT molecular complexity index is 324. The first-order valence-corrected chi connectivity index (χ1v) is 5.67. The summed E-state index contributed by atoms with van der Waals surface area (Å²) in [5.74, 6) is -0.981. The Morgan fingerprint density at radius 1 is 1.59 bits per heavy atom. The van der Waals surface area contributed by atoms with Gasteiger partial charge in [-0.25, -0.2) is 9.59 Å². The first-order chi connectivity index (χ1) is 7.90. The van der Waals surface area contributed by atoms with Gasteiger partial charge < -0.3 is 9.84 Å². The molecule has 0 aromatic carbocycles. The Morgan fingerprint density at radius 2 is 2.24 bits per heavy atom. The van der Waals surface area contributed by atoms with E-state index in [2.05, 4.69) is 6.58 Å². The van der Waals surface area contributed by atoms with Crippen LogP contribution in [0.5, 0.6) is 0 Å². The second kappa shape index (κ2) is 5.21. The molecule has 0 aliphatic carbocycles. The monoisotopic (exact) mass is 241 g/mol. The number of carboxylic acids is 1. The fourth-order valence-corrected chi connectivity index (χ4v) is 2.27. The van der Waals surface area contributed by atoms with Gasteiger partial charge in [0, 0.05) is 6.54 Å². The number of carboxylic acid groups (broad SMARTS) is 1. The van der Waals surface area contributed by atoms with Gasteiger partial charge in [0.2, 0.25) is 0 Å². The quantitative estimate of drug-likeness (QED) is 0.766. The van der Waals surface area contributed by atoms with Gasteiger partial charge in [-0.15, -0.1) is 0 Å². The van der Waals surface area contributed by atoms with Gasteiger partial charge in [0.1, 0.15) is 12.6 Å². The van der Waals surface area contributed by atoms with Crippen molar-refractivity contribution in [2.24, 2.45) is 5.41 Å². The standard InChI is InChI=1S/C12H19NO4/c1-4-8-17-11(16)13-7-5-6-12(2,3)9(13)10(14)15/h4,9H,1,5-8H2,2-3H3,(H,14,15). The van der Waals surface area contributed by atoms with E-state index in [9.17, 15) is 14.7 Å². The number of likely N-dealkylation sites (tertiary alicyclic amines) is 1. The van der Waals surface area contributed by atoms with Crippen LogP contribution in [-0.4, -0.2) is 41.3 Å². The number of hydrogen-bond acceptors (Lipinski definition) is 3. The van der Waals surface area contributed by atoms with Crippen LogP contribution in [0, 0.1) is 5.41 Å². The maximum absolute atomic E-state index is 11.8. The Kier molecular flexibility index (Phi) is 4.15. The topological polar surface area (TPSA) is 66.8 Å². The molecular weight excluding hydrogens is 222 g/mol.